The van der Waals surface area contributed by atoms with Gasteiger partial charge in [0.15, 0.2) is 0 Å². The molecule has 0 saturated heterocycles. The van der Waals surface area contributed by atoms with Crippen LogP contribution in [0.5, 0.6) is 0 Å². The summed E-state index contributed by atoms with van der Waals surface area (Å²) in [6.07, 6.45) is 0. The fourth-order valence-corrected chi connectivity index (χ4v) is 2.07. The van der Waals surface area contributed by atoms with Gasteiger partial charge in [-0.25, -0.2) is 4.39 Å². The standard InChI is InChI=1S/C17H16FN3O/c1-11-3-6-16(21-12(2)22)17(7-11)20-10-14-8-13(9-19)4-5-15(14)18/h3-8,20H,10H2,1-2H3,(H,21,22). The molecule has 112 valence electrons. The van der Waals surface area contributed by atoms with Gasteiger partial charge in [-0.15, -0.1) is 0 Å². The Balaban J connectivity index is 2.23. The highest BCUT2D eigenvalue weighted by Crippen LogP contribution is 2.24. The fourth-order valence-electron chi connectivity index (χ4n) is 2.07. The Morgan fingerprint density at radius 1 is 1.23 bits per heavy atom. The number of rotatable bonds is 4. The van der Waals surface area contributed by atoms with Crippen LogP contribution in [-0.2, 0) is 11.3 Å². The second kappa shape index (κ2) is 6.72. The quantitative estimate of drug-likeness (QED) is 0.906. The maximum absolute atomic E-state index is 13.8. The van der Waals surface area contributed by atoms with E-state index >= 15 is 0 Å². The molecule has 0 aromatic heterocycles. The smallest absolute Gasteiger partial charge is 0.221 e. The summed E-state index contributed by atoms with van der Waals surface area (Å²) in [5.41, 5.74) is 3.16. The van der Waals surface area contributed by atoms with Crippen LogP contribution >= 0.6 is 0 Å². The lowest BCUT2D eigenvalue weighted by Gasteiger charge is -2.14. The van der Waals surface area contributed by atoms with E-state index in [0.717, 1.165) is 5.56 Å². The minimum atomic E-state index is -0.375. The first-order valence-corrected chi connectivity index (χ1v) is 6.80. The molecule has 0 unspecified atom stereocenters. The third-order valence-corrected chi connectivity index (χ3v) is 3.13. The average Bonchev–Trinajstić information content (AvgIpc) is 2.48. The average molecular weight is 297 g/mol. The van der Waals surface area contributed by atoms with Crippen LogP contribution in [0.1, 0.15) is 23.6 Å². The first kappa shape index (κ1) is 15.5. The third-order valence-electron chi connectivity index (χ3n) is 3.13. The topological polar surface area (TPSA) is 64.9 Å². The van der Waals surface area contributed by atoms with Crippen molar-refractivity contribution in [2.75, 3.05) is 10.6 Å². The largest absolute Gasteiger partial charge is 0.379 e. The molecule has 2 aromatic carbocycles. The number of benzene rings is 2. The van der Waals surface area contributed by atoms with Gasteiger partial charge in [0, 0.05) is 19.0 Å². The van der Waals surface area contributed by atoms with E-state index in [4.69, 9.17) is 5.26 Å². The predicted octanol–water partition coefficient (Wildman–Crippen LogP) is 3.58. The maximum Gasteiger partial charge on any atom is 0.221 e. The van der Waals surface area contributed by atoms with E-state index in [0.29, 0.717) is 22.5 Å². The number of nitrogens with zero attached hydrogens (tertiary/aromatic N) is 1. The number of aryl methyl sites for hydroxylation is 1. The fraction of sp³-hybridized carbons (Fsp3) is 0.176. The highest BCUT2D eigenvalue weighted by molar-refractivity contribution is 5.92. The number of halogens is 1. The Labute approximate surface area is 128 Å². The molecule has 0 heterocycles. The van der Waals surface area contributed by atoms with Gasteiger partial charge < -0.3 is 10.6 Å². The maximum atomic E-state index is 13.8. The van der Waals surface area contributed by atoms with Gasteiger partial charge in [0.1, 0.15) is 5.82 Å². The van der Waals surface area contributed by atoms with Crippen LogP contribution in [-0.4, -0.2) is 5.91 Å². The predicted molar refractivity (Wildman–Crippen MR) is 83.9 cm³/mol. The summed E-state index contributed by atoms with van der Waals surface area (Å²) in [5, 5.41) is 14.7. The molecule has 0 aliphatic carbocycles. The molecule has 5 heteroatoms. The molecule has 0 atom stereocenters. The molecule has 0 aliphatic heterocycles. The zero-order valence-corrected chi connectivity index (χ0v) is 12.4. The van der Waals surface area contributed by atoms with E-state index < -0.39 is 0 Å². The number of hydrogen-bond donors (Lipinski definition) is 2. The molecule has 2 rings (SSSR count). The van der Waals surface area contributed by atoms with Crippen LogP contribution < -0.4 is 10.6 Å². The number of anilines is 2. The molecule has 0 bridgehead atoms. The molecule has 22 heavy (non-hydrogen) atoms. The first-order valence-electron chi connectivity index (χ1n) is 6.80. The van der Waals surface area contributed by atoms with Crippen molar-refractivity contribution in [1.29, 1.82) is 5.26 Å². The van der Waals surface area contributed by atoms with Crippen molar-refractivity contribution < 1.29 is 9.18 Å². The number of carbonyl (C=O) groups is 1. The lowest BCUT2D eigenvalue weighted by molar-refractivity contribution is -0.114. The Bertz CT molecular complexity index is 750. The summed E-state index contributed by atoms with van der Waals surface area (Å²) < 4.78 is 13.8. The third kappa shape index (κ3) is 3.83. The van der Waals surface area contributed by atoms with Gasteiger partial charge in [-0.3, -0.25) is 4.79 Å². The van der Waals surface area contributed by atoms with E-state index in [1.165, 1.54) is 25.1 Å². The summed E-state index contributed by atoms with van der Waals surface area (Å²) in [6.45, 7) is 3.58. The van der Waals surface area contributed by atoms with Crippen LogP contribution in [0.4, 0.5) is 15.8 Å². The second-order valence-corrected chi connectivity index (χ2v) is 5.00. The van der Waals surface area contributed by atoms with Crippen molar-refractivity contribution in [3.05, 3.63) is 58.9 Å². The van der Waals surface area contributed by atoms with Crippen molar-refractivity contribution in [3.63, 3.8) is 0 Å². The SMILES string of the molecule is CC(=O)Nc1ccc(C)cc1NCc1cc(C#N)ccc1F. The van der Waals surface area contributed by atoms with E-state index in [2.05, 4.69) is 10.6 Å². The van der Waals surface area contributed by atoms with Gasteiger partial charge in [0.25, 0.3) is 0 Å². The van der Waals surface area contributed by atoms with Crippen LogP contribution in [0.2, 0.25) is 0 Å². The van der Waals surface area contributed by atoms with Crippen molar-refractivity contribution in [1.82, 2.24) is 0 Å². The summed E-state index contributed by atoms with van der Waals surface area (Å²) in [4.78, 5) is 11.2. The van der Waals surface area contributed by atoms with Crippen LogP contribution in [0.3, 0.4) is 0 Å². The molecule has 0 radical (unpaired) electrons. The van der Waals surface area contributed by atoms with Gasteiger partial charge in [0.2, 0.25) is 5.91 Å². The van der Waals surface area contributed by atoms with Crippen LogP contribution in [0.15, 0.2) is 36.4 Å². The number of hydrogen-bond acceptors (Lipinski definition) is 3. The summed E-state index contributed by atoms with van der Waals surface area (Å²) in [5.74, 6) is -0.551. The molecule has 0 aliphatic rings. The normalized spacial score (nSPS) is 9.91. The minimum absolute atomic E-state index is 0.176. The lowest BCUT2D eigenvalue weighted by atomic mass is 10.1. The molecular formula is C17H16FN3O. The zero-order valence-electron chi connectivity index (χ0n) is 12.4. The first-order chi connectivity index (χ1) is 10.5. The highest BCUT2D eigenvalue weighted by Gasteiger charge is 2.07. The van der Waals surface area contributed by atoms with E-state index in [1.54, 1.807) is 6.07 Å². The van der Waals surface area contributed by atoms with Crippen LogP contribution in [0.25, 0.3) is 0 Å². The van der Waals surface area contributed by atoms with Crippen molar-refractivity contribution >= 4 is 17.3 Å². The van der Waals surface area contributed by atoms with Crippen molar-refractivity contribution in [3.8, 4) is 6.07 Å². The van der Waals surface area contributed by atoms with Gasteiger partial charge in [-0.2, -0.15) is 5.26 Å². The minimum Gasteiger partial charge on any atom is -0.379 e. The Morgan fingerprint density at radius 2 is 2.00 bits per heavy atom. The molecule has 0 saturated carbocycles. The van der Waals surface area contributed by atoms with Gasteiger partial charge in [-0.1, -0.05) is 6.07 Å². The van der Waals surface area contributed by atoms with Gasteiger partial charge >= 0.3 is 0 Å². The van der Waals surface area contributed by atoms with Gasteiger partial charge in [-0.05, 0) is 42.8 Å². The Hall–Kier alpha value is -2.87. The Morgan fingerprint density at radius 3 is 2.68 bits per heavy atom. The summed E-state index contributed by atoms with van der Waals surface area (Å²) in [7, 11) is 0. The van der Waals surface area contributed by atoms with E-state index in [-0.39, 0.29) is 18.3 Å². The molecular weight excluding hydrogens is 281 g/mol. The molecule has 1 amide bonds. The zero-order chi connectivity index (χ0) is 16.1. The molecule has 0 spiro atoms. The molecule has 2 N–H and O–H groups in total. The van der Waals surface area contributed by atoms with E-state index in [9.17, 15) is 9.18 Å². The number of nitrogens with one attached hydrogen (secondary N) is 2. The van der Waals surface area contributed by atoms with Gasteiger partial charge in [0.05, 0.1) is 23.0 Å². The second-order valence-electron chi connectivity index (χ2n) is 5.00. The molecule has 2 aromatic rings. The van der Waals surface area contributed by atoms with Crippen molar-refractivity contribution in [2.24, 2.45) is 0 Å². The molecule has 4 nitrogen and oxygen atoms in total. The summed E-state index contributed by atoms with van der Waals surface area (Å²) in [6, 6.07) is 11.8. The van der Waals surface area contributed by atoms with Crippen molar-refractivity contribution in [2.45, 2.75) is 20.4 Å². The van der Waals surface area contributed by atoms with Crippen LogP contribution in [0, 0.1) is 24.1 Å². The number of amides is 1. The monoisotopic (exact) mass is 297 g/mol. The highest BCUT2D eigenvalue weighted by atomic mass is 19.1. The number of carbonyl (C=O) groups excluding carboxylic acids is 1. The summed E-state index contributed by atoms with van der Waals surface area (Å²) >= 11 is 0. The Kier molecular flexibility index (Phi) is 4.74. The van der Waals surface area contributed by atoms with E-state index in [1.807, 2.05) is 25.1 Å². The molecule has 0 fully saturated rings. The number of nitriles is 1. The lowest BCUT2D eigenvalue weighted by Crippen LogP contribution is -2.10.